The SMILES string of the molecule is Fc1ccc(NC(=S)NCCSCc2ccc(Cl)cc2Cl)cc1Cl. The zero-order valence-corrected chi connectivity index (χ0v) is 16.3. The van der Waals surface area contributed by atoms with Crippen molar-refractivity contribution in [3.63, 3.8) is 0 Å². The van der Waals surface area contributed by atoms with Crippen LogP contribution in [-0.2, 0) is 5.75 Å². The molecule has 0 aliphatic carbocycles. The van der Waals surface area contributed by atoms with Crippen LogP contribution in [0.25, 0.3) is 0 Å². The molecule has 0 aromatic heterocycles. The van der Waals surface area contributed by atoms with E-state index >= 15 is 0 Å². The van der Waals surface area contributed by atoms with Crippen LogP contribution in [0.1, 0.15) is 5.56 Å². The zero-order valence-electron chi connectivity index (χ0n) is 12.4. The van der Waals surface area contributed by atoms with Gasteiger partial charge in [-0.25, -0.2) is 4.39 Å². The third-order valence-corrected chi connectivity index (χ3v) is 5.11. The van der Waals surface area contributed by atoms with Crippen LogP contribution in [0, 0.1) is 5.82 Å². The van der Waals surface area contributed by atoms with Crippen LogP contribution in [0.2, 0.25) is 15.1 Å². The number of anilines is 1. The Morgan fingerprint density at radius 1 is 1.08 bits per heavy atom. The molecule has 8 heteroatoms. The fourth-order valence-corrected chi connectivity index (χ4v) is 3.62. The maximum absolute atomic E-state index is 13.1. The van der Waals surface area contributed by atoms with Gasteiger partial charge in [-0.15, -0.1) is 0 Å². The van der Waals surface area contributed by atoms with E-state index in [1.54, 1.807) is 23.9 Å². The van der Waals surface area contributed by atoms with E-state index < -0.39 is 5.82 Å². The van der Waals surface area contributed by atoms with Crippen molar-refractivity contribution in [3.05, 3.63) is 62.8 Å². The number of halogens is 4. The van der Waals surface area contributed by atoms with Gasteiger partial charge in [-0.05, 0) is 48.1 Å². The minimum absolute atomic E-state index is 0.0539. The van der Waals surface area contributed by atoms with E-state index in [9.17, 15) is 4.39 Å². The van der Waals surface area contributed by atoms with Crippen LogP contribution in [0.4, 0.5) is 10.1 Å². The summed E-state index contributed by atoms with van der Waals surface area (Å²) in [6.07, 6.45) is 0. The first kappa shape index (κ1) is 19.6. The Kier molecular flexibility index (Phi) is 7.91. The Bertz CT molecular complexity index is 728. The predicted octanol–water partition coefficient (Wildman–Crippen LogP) is 6.01. The van der Waals surface area contributed by atoms with Gasteiger partial charge in [-0.3, -0.25) is 0 Å². The molecule has 2 rings (SSSR count). The lowest BCUT2D eigenvalue weighted by Crippen LogP contribution is -2.30. The molecule has 128 valence electrons. The van der Waals surface area contributed by atoms with Crippen LogP contribution in [0.15, 0.2) is 36.4 Å². The highest BCUT2D eigenvalue weighted by atomic mass is 35.5. The Labute approximate surface area is 165 Å². The molecule has 2 aromatic carbocycles. The van der Waals surface area contributed by atoms with Crippen molar-refractivity contribution in [1.82, 2.24) is 5.32 Å². The summed E-state index contributed by atoms with van der Waals surface area (Å²) in [5.41, 5.74) is 1.69. The van der Waals surface area contributed by atoms with Crippen LogP contribution < -0.4 is 10.6 Å². The van der Waals surface area contributed by atoms with Gasteiger partial charge in [0.15, 0.2) is 5.11 Å². The minimum Gasteiger partial charge on any atom is -0.362 e. The summed E-state index contributed by atoms with van der Waals surface area (Å²) in [4.78, 5) is 0. The molecular weight excluding hydrogens is 410 g/mol. The van der Waals surface area contributed by atoms with Gasteiger partial charge in [0.2, 0.25) is 0 Å². The molecule has 0 unspecified atom stereocenters. The molecule has 2 nitrogen and oxygen atoms in total. The van der Waals surface area contributed by atoms with Gasteiger partial charge >= 0.3 is 0 Å². The highest BCUT2D eigenvalue weighted by Gasteiger charge is 2.04. The van der Waals surface area contributed by atoms with E-state index in [0.29, 0.717) is 27.4 Å². The number of nitrogens with one attached hydrogen (secondary N) is 2. The van der Waals surface area contributed by atoms with Crippen molar-refractivity contribution in [2.75, 3.05) is 17.6 Å². The van der Waals surface area contributed by atoms with Crippen molar-refractivity contribution < 1.29 is 4.39 Å². The Morgan fingerprint density at radius 3 is 2.58 bits per heavy atom. The minimum atomic E-state index is -0.460. The number of rotatable bonds is 6. The molecule has 0 heterocycles. The molecule has 0 radical (unpaired) electrons. The molecule has 24 heavy (non-hydrogen) atoms. The smallest absolute Gasteiger partial charge is 0.170 e. The van der Waals surface area contributed by atoms with E-state index in [1.165, 1.54) is 12.1 Å². The summed E-state index contributed by atoms with van der Waals surface area (Å²) in [6.45, 7) is 0.691. The molecule has 0 aliphatic rings. The summed E-state index contributed by atoms with van der Waals surface area (Å²) in [5, 5.41) is 7.86. The first-order valence-electron chi connectivity index (χ1n) is 6.97. The molecule has 0 bridgehead atoms. The quantitative estimate of drug-likeness (QED) is 0.439. The standard InChI is InChI=1S/C16H14Cl3FN2S2/c17-11-2-1-10(13(18)7-11)9-24-6-5-21-16(23)22-12-3-4-15(20)14(19)8-12/h1-4,7-8H,5-6,9H2,(H2,21,22,23). The second-order valence-corrected chi connectivity index (χ2v) is 7.56. The van der Waals surface area contributed by atoms with Gasteiger partial charge in [-0.2, -0.15) is 11.8 Å². The van der Waals surface area contributed by atoms with Gasteiger partial charge in [-0.1, -0.05) is 40.9 Å². The fraction of sp³-hybridized carbons (Fsp3) is 0.188. The maximum Gasteiger partial charge on any atom is 0.170 e. The molecular formula is C16H14Cl3FN2S2. The molecule has 0 atom stereocenters. The Balaban J connectivity index is 1.68. The molecule has 2 N–H and O–H groups in total. The van der Waals surface area contributed by atoms with E-state index in [2.05, 4.69) is 10.6 Å². The summed E-state index contributed by atoms with van der Waals surface area (Å²) in [7, 11) is 0. The molecule has 0 spiro atoms. The molecule has 0 fully saturated rings. The van der Waals surface area contributed by atoms with Crippen molar-refractivity contribution in [2.45, 2.75) is 5.75 Å². The lowest BCUT2D eigenvalue weighted by atomic mass is 10.2. The second-order valence-electron chi connectivity index (χ2n) is 4.80. The van der Waals surface area contributed by atoms with Crippen molar-refractivity contribution in [3.8, 4) is 0 Å². The first-order chi connectivity index (χ1) is 11.5. The molecule has 0 saturated heterocycles. The predicted molar refractivity (Wildman–Crippen MR) is 108 cm³/mol. The lowest BCUT2D eigenvalue weighted by molar-refractivity contribution is 0.628. The third-order valence-electron chi connectivity index (χ3n) is 2.98. The van der Waals surface area contributed by atoms with E-state index in [1.807, 2.05) is 12.1 Å². The summed E-state index contributed by atoms with van der Waals surface area (Å²) < 4.78 is 13.1. The average Bonchev–Trinajstić information content (AvgIpc) is 2.52. The van der Waals surface area contributed by atoms with Gasteiger partial charge in [0, 0.05) is 33.8 Å². The van der Waals surface area contributed by atoms with E-state index in [4.69, 9.17) is 47.0 Å². The van der Waals surface area contributed by atoms with Crippen LogP contribution >= 0.6 is 58.8 Å². The Morgan fingerprint density at radius 2 is 1.88 bits per heavy atom. The average molecular weight is 424 g/mol. The highest BCUT2D eigenvalue weighted by molar-refractivity contribution is 7.98. The number of hydrogen-bond acceptors (Lipinski definition) is 2. The first-order valence-corrected chi connectivity index (χ1v) is 9.67. The number of thioether (sulfide) groups is 1. The topological polar surface area (TPSA) is 24.1 Å². The third kappa shape index (κ3) is 6.30. The number of benzene rings is 2. The maximum atomic E-state index is 13.1. The highest BCUT2D eigenvalue weighted by Crippen LogP contribution is 2.24. The second kappa shape index (κ2) is 9.68. The fourth-order valence-electron chi connectivity index (χ4n) is 1.81. The van der Waals surface area contributed by atoms with Gasteiger partial charge in [0.25, 0.3) is 0 Å². The van der Waals surface area contributed by atoms with Crippen molar-refractivity contribution in [2.24, 2.45) is 0 Å². The van der Waals surface area contributed by atoms with Crippen LogP contribution in [0.3, 0.4) is 0 Å². The normalized spacial score (nSPS) is 10.5. The number of hydrogen-bond donors (Lipinski definition) is 2. The monoisotopic (exact) mass is 422 g/mol. The molecule has 0 saturated carbocycles. The van der Waals surface area contributed by atoms with Gasteiger partial charge in [0.05, 0.1) is 5.02 Å². The van der Waals surface area contributed by atoms with Gasteiger partial charge < -0.3 is 10.6 Å². The van der Waals surface area contributed by atoms with Crippen molar-refractivity contribution >= 4 is 69.6 Å². The van der Waals surface area contributed by atoms with E-state index in [-0.39, 0.29) is 5.02 Å². The van der Waals surface area contributed by atoms with E-state index in [0.717, 1.165) is 17.1 Å². The summed E-state index contributed by atoms with van der Waals surface area (Å²) >= 11 is 24.6. The zero-order chi connectivity index (χ0) is 17.5. The van der Waals surface area contributed by atoms with Gasteiger partial charge in [0.1, 0.15) is 5.82 Å². The van der Waals surface area contributed by atoms with Crippen LogP contribution in [-0.4, -0.2) is 17.4 Å². The molecule has 2 aromatic rings. The summed E-state index contributed by atoms with van der Waals surface area (Å²) in [6, 6.07) is 9.85. The lowest BCUT2D eigenvalue weighted by Gasteiger charge is -2.11. The van der Waals surface area contributed by atoms with Crippen LogP contribution in [0.5, 0.6) is 0 Å². The molecule has 0 aliphatic heterocycles. The van der Waals surface area contributed by atoms with Crippen molar-refractivity contribution in [1.29, 1.82) is 0 Å². The number of thiocarbonyl (C=S) groups is 1. The molecule has 0 amide bonds. The largest absolute Gasteiger partial charge is 0.362 e. The summed E-state index contributed by atoms with van der Waals surface area (Å²) in [5.74, 6) is 1.19. The Hall–Kier alpha value is -0.720.